The van der Waals surface area contributed by atoms with E-state index in [4.69, 9.17) is 4.98 Å². The molecule has 1 aliphatic rings. The maximum Gasteiger partial charge on any atom is 0.307 e. The lowest BCUT2D eigenvalue weighted by atomic mass is 9.69. The number of carboxylic acid groups (broad SMARTS) is 1. The lowest BCUT2D eigenvalue weighted by Gasteiger charge is -2.34. The van der Waals surface area contributed by atoms with Gasteiger partial charge in [-0.1, -0.05) is 91.0 Å². The Hall–Kier alpha value is -3.66. The first-order chi connectivity index (χ1) is 14.7. The molecule has 0 spiro atoms. The van der Waals surface area contributed by atoms with Crippen molar-refractivity contribution in [2.24, 2.45) is 5.92 Å². The van der Waals surface area contributed by atoms with E-state index in [1.54, 1.807) is 0 Å². The van der Waals surface area contributed by atoms with Crippen LogP contribution in [0.4, 0.5) is 0 Å². The number of aromatic nitrogens is 2. The Balaban J connectivity index is 1.75. The molecule has 0 bridgehead atoms. The summed E-state index contributed by atoms with van der Waals surface area (Å²) in [6.45, 7) is 0. The van der Waals surface area contributed by atoms with E-state index in [0.29, 0.717) is 6.42 Å². The van der Waals surface area contributed by atoms with Gasteiger partial charge in [0, 0.05) is 12.1 Å². The van der Waals surface area contributed by atoms with Gasteiger partial charge in [-0.25, -0.2) is 4.98 Å². The molecule has 148 valence electrons. The third-order valence-electron chi connectivity index (χ3n) is 6.06. The predicted molar refractivity (Wildman–Crippen MR) is 115 cm³/mol. The van der Waals surface area contributed by atoms with E-state index in [2.05, 4.69) is 41.4 Å². The van der Waals surface area contributed by atoms with Gasteiger partial charge in [-0.15, -0.1) is 0 Å². The third-order valence-corrected chi connectivity index (χ3v) is 6.06. The molecule has 1 aliphatic carbocycles. The van der Waals surface area contributed by atoms with Crippen LogP contribution in [0.15, 0.2) is 97.2 Å². The van der Waals surface area contributed by atoms with Gasteiger partial charge in [0.25, 0.3) is 0 Å². The zero-order chi connectivity index (χ0) is 20.6. The first-order valence-corrected chi connectivity index (χ1v) is 10.2. The summed E-state index contributed by atoms with van der Waals surface area (Å²) >= 11 is 0. The number of hydrogen-bond donors (Lipinski definition) is 2. The molecule has 5 rings (SSSR count). The molecule has 1 aromatic heterocycles. The summed E-state index contributed by atoms with van der Waals surface area (Å²) in [5.74, 6) is -0.296. The molecule has 0 saturated heterocycles. The van der Waals surface area contributed by atoms with Crippen molar-refractivity contribution in [3.05, 3.63) is 125 Å². The molecule has 4 heteroatoms. The molecule has 4 nitrogen and oxygen atoms in total. The quantitative estimate of drug-likeness (QED) is 0.453. The van der Waals surface area contributed by atoms with Gasteiger partial charge >= 0.3 is 5.97 Å². The first kappa shape index (κ1) is 18.4. The maximum absolute atomic E-state index is 11.4. The monoisotopic (exact) mass is 394 g/mol. The summed E-state index contributed by atoms with van der Waals surface area (Å²) in [6.07, 6.45) is 2.53. The summed E-state index contributed by atoms with van der Waals surface area (Å²) in [6, 6.07) is 31.0. The highest BCUT2D eigenvalue weighted by atomic mass is 16.4. The minimum Gasteiger partial charge on any atom is -0.481 e. The fraction of sp³-hybridized carbons (Fsp3) is 0.154. The molecule has 1 fully saturated rings. The minimum atomic E-state index is -0.745. The number of hydrogen-bond acceptors (Lipinski definition) is 2. The summed E-state index contributed by atoms with van der Waals surface area (Å²) in [4.78, 5) is 19.8. The van der Waals surface area contributed by atoms with Crippen LogP contribution in [0.3, 0.4) is 0 Å². The lowest BCUT2D eigenvalue weighted by Crippen LogP contribution is -2.32. The van der Waals surface area contributed by atoms with Crippen LogP contribution in [-0.2, 0) is 10.2 Å². The molecule has 1 saturated carbocycles. The van der Waals surface area contributed by atoms with E-state index in [1.807, 2.05) is 60.8 Å². The highest BCUT2D eigenvalue weighted by Gasteiger charge is 2.47. The van der Waals surface area contributed by atoms with E-state index in [1.165, 1.54) is 0 Å². The molecule has 0 aliphatic heterocycles. The largest absolute Gasteiger partial charge is 0.481 e. The van der Waals surface area contributed by atoms with Crippen molar-refractivity contribution in [3.8, 4) is 0 Å². The Bertz CT molecular complexity index is 1060. The second-order valence-corrected chi connectivity index (χ2v) is 7.81. The summed E-state index contributed by atoms with van der Waals surface area (Å²) < 4.78 is 0. The third kappa shape index (κ3) is 2.92. The number of imidazole rings is 1. The Morgan fingerprint density at radius 3 is 1.70 bits per heavy atom. The van der Waals surface area contributed by atoms with Crippen LogP contribution >= 0.6 is 0 Å². The fourth-order valence-electron chi connectivity index (χ4n) is 4.49. The number of benzene rings is 3. The van der Waals surface area contributed by atoms with E-state index >= 15 is 0 Å². The number of nitrogens with one attached hydrogen (secondary N) is 1. The zero-order valence-electron chi connectivity index (χ0n) is 16.4. The molecular formula is C26H22N2O2. The number of aliphatic carboxylic acids is 1. The van der Waals surface area contributed by atoms with Gasteiger partial charge in [0.15, 0.2) is 0 Å². The van der Waals surface area contributed by atoms with Crippen molar-refractivity contribution < 1.29 is 9.90 Å². The lowest BCUT2D eigenvalue weighted by molar-refractivity contribution is -0.138. The second kappa shape index (κ2) is 7.30. The Kier molecular flexibility index (Phi) is 4.47. The normalized spacial score (nSPS) is 18.1. The number of rotatable bonds is 6. The van der Waals surface area contributed by atoms with Crippen molar-refractivity contribution in [3.63, 3.8) is 0 Å². The molecule has 0 amide bonds. The van der Waals surface area contributed by atoms with Gasteiger partial charge in [0.05, 0.1) is 11.6 Å². The number of H-pyrrole nitrogens is 1. The van der Waals surface area contributed by atoms with Crippen molar-refractivity contribution in [2.45, 2.75) is 17.8 Å². The summed E-state index contributed by atoms with van der Waals surface area (Å²) in [7, 11) is 0. The van der Waals surface area contributed by atoms with Gasteiger partial charge < -0.3 is 10.1 Å². The number of aromatic amines is 1. The molecule has 0 radical (unpaired) electrons. The molecule has 2 N–H and O–H groups in total. The van der Waals surface area contributed by atoms with Crippen LogP contribution in [0.25, 0.3) is 0 Å². The maximum atomic E-state index is 11.4. The van der Waals surface area contributed by atoms with E-state index in [9.17, 15) is 9.90 Å². The van der Waals surface area contributed by atoms with Gasteiger partial charge in [-0.2, -0.15) is 0 Å². The van der Waals surface area contributed by atoms with Gasteiger partial charge in [-0.3, -0.25) is 4.79 Å². The van der Waals surface area contributed by atoms with Crippen LogP contribution in [0.2, 0.25) is 0 Å². The van der Waals surface area contributed by atoms with Crippen molar-refractivity contribution in [1.29, 1.82) is 0 Å². The fourth-order valence-corrected chi connectivity index (χ4v) is 4.49. The predicted octanol–water partition coefficient (Wildman–Crippen LogP) is 4.98. The standard InChI is InChI=1S/C26H22N2O2/c29-24(30)22-16-21(22)23-17-27-25(28-23)26(18-10-4-1-5-11-18,19-12-6-2-7-13-19)20-14-8-3-9-15-20/h1-15,17,21-22H,16H2,(H,27,28)(H,29,30). The highest BCUT2D eigenvalue weighted by molar-refractivity contribution is 5.75. The minimum absolute atomic E-state index is 0.0208. The van der Waals surface area contributed by atoms with Crippen LogP contribution in [0.5, 0.6) is 0 Å². The molecule has 30 heavy (non-hydrogen) atoms. The Labute approximate surface area is 175 Å². The van der Waals surface area contributed by atoms with Crippen LogP contribution in [0, 0.1) is 5.92 Å². The van der Waals surface area contributed by atoms with Crippen LogP contribution < -0.4 is 0 Å². The number of carbonyl (C=O) groups is 1. The molecule has 4 aromatic rings. The highest BCUT2D eigenvalue weighted by Crippen LogP contribution is 2.49. The van der Waals surface area contributed by atoms with Crippen molar-refractivity contribution in [2.75, 3.05) is 0 Å². The molecule has 2 atom stereocenters. The summed E-state index contributed by atoms with van der Waals surface area (Å²) in [5, 5.41) is 9.35. The van der Waals surface area contributed by atoms with Gasteiger partial charge in [0.2, 0.25) is 0 Å². The Morgan fingerprint density at radius 2 is 1.30 bits per heavy atom. The van der Waals surface area contributed by atoms with Crippen molar-refractivity contribution >= 4 is 5.97 Å². The van der Waals surface area contributed by atoms with E-state index < -0.39 is 11.4 Å². The topological polar surface area (TPSA) is 66.0 Å². The number of carboxylic acids is 1. The van der Waals surface area contributed by atoms with E-state index in [-0.39, 0.29) is 11.8 Å². The average molecular weight is 394 g/mol. The molecular weight excluding hydrogens is 372 g/mol. The summed E-state index contributed by atoms with van der Waals surface area (Å²) in [5.41, 5.74) is 3.51. The van der Waals surface area contributed by atoms with Crippen LogP contribution in [0.1, 0.15) is 40.5 Å². The number of nitrogens with zero attached hydrogens (tertiary/aromatic N) is 1. The first-order valence-electron chi connectivity index (χ1n) is 10.2. The van der Waals surface area contributed by atoms with Crippen LogP contribution in [-0.4, -0.2) is 21.0 Å². The van der Waals surface area contributed by atoms with E-state index in [0.717, 1.165) is 28.2 Å². The van der Waals surface area contributed by atoms with Gasteiger partial charge in [-0.05, 0) is 23.1 Å². The molecule has 3 aromatic carbocycles. The second-order valence-electron chi connectivity index (χ2n) is 7.81. The van der Waals surface area contributed by atoms with Crippen molar-refractivity contribution in [1.82, 2.24) is 9.97 Å². The zero-order valence-corrected chi connectivity index (χ0v) is 16.4. The Morgan fingerprint density at radius 1 is 0.833 bits per heavy atom. The van der Waals surface area contributed by atoms with Gasteiger partial charge in [0.1, 0.15) is 11.2 Å². The average Bonchev–Trinajstić information content (AvgIpc) is 3.47. The molecule has 1 heterocycles. The SMILES string of the molecule is O=C(O)C1CC1c1c[nH]c(C(c2ccccc2)(c2ccccc2)c2ccccc2)n1. The smallest absolute Gasteiger partial charge is 0.307 e. The molecule has 2 unspecified atom stereocenters.